The lowest BCUT2D eigenvalue weighted by molar-refractivity contribution is 0.649. The van der Waals surface area contributed by atoms with Crippen LogP contribution in [0.4, 0.5) is 0 Å². The quantitative estimate of drug-likeness (QED) is 0.166. The summed E-state index contributed by atoms with van der Waals surface area (Å²) in [5, 5.41) is 5.29. The molecular weight excluding hydrogens is 781 g/mol. The largest absolute Gasteiger partial charge is 0.0622 e. The highest BCUT2D eigenvalue weighted by atomic mass is 14.5. The Hall–Kier alpha value is -7.28. The summed E-state index contributed by atoms with van der Waals surface area (Å²) in [5.74, 6) is 0. The van der Waals surface area contributed by atoms with Crippen LogP contribution in [0.1, 0.15) is 74.9 Å². The van der Waals surface area contributed by atoms with Gasteiger partial charge in [-0.15, -0.1) is 0 Å². The van der Waals surface area contributed by atoms with Crippen molar-refractivity contribution in [3.05, 3.63) is 228 Å². The van der Waals surface area contributed by atoms with Crippen molar-refractivity contribution in [2.45, 2.75) is 57.8 Å². The molecule has 0 spiro atoms. The maximum atomic E-state index is 2.59. The van der Waals surface area contributed by atoms with Gasteiger partial charge in [-0.2, -0.15) is 0 Å². The molecule has 310 valence electrons. The lowest BCUT2D eigenvalue weighted by Crippen LogP contribution is -2.17. The Labute approximate surface area is 382 Å². The van der Waals surface area contributed by atoms with E-state index in [9.17, 15) is 0 Å². The molecule has 3 aliphatic carbocycles. The number of benzene rings is 10. The summed E-state index contributed by atoms with van der Waals surface area (Å²) in [6, 6.07) is 73.3. The second-order valence-corrected chi connectivity index (χ2v) is 20.4. The fourth-order valence-corrected chi connectivity index (χ4v) is 12.3. The summed E-state index contributed by atoms with van der Waals surface area (Å²) in [6.07, 6.45) is 0. The van der Waals surface area contributed by atoms with Crippen molar-refractivity contribution < 1.29 is 0 Å². The molecule has 0 aliphatic heterocycles. The number of rotatable bonds is 4. The SMILES string of the molecule is CC1(C)c2cc3c(cc2-c2cc4c(cc21)-c1c(cc(-c2ccc(-c5ccccc5)cc2)c2ccccc12)C4(C)C)C(C)(C)c1cc(-c2ccc(-c4ccccc4)cc2)c2ccccc2c1-3. The molecular formula is C65H50. The highest BCUT2D eigenvalue weighted by Crippen LogP contribution is 2.61. The Balaban J connectivity index is 0.942. The topological polar surface area (TPSA) is 0 Å². The van der Waals surface area contributed by atoms with E-state index in [2.05, 4.69) is 236 Å². The van der Waals surface area contributed by atoms with Crippen LogP contribution in [0, 0.1) is 0 Å². The van der Waals surface area contributed by atoms with E-state index in [0.29, 0.717) is 0 Å². The third-order valence-electron chi connectivity index (χ3n) is 15.9. The van der Waals surface area contributed by atoms with Crippen molar-refractivity contribution in [3.8, 4) is 77.9 Å². The normalized spacial score (nSPS) is 15.3. The summed E-state index contributed by atoms with van der Waals surface area (Å²) in [6.45, 7) is 14.7. The van der Waals surface area contributed by atoms with Gasteiger partial charge in [0.15, 0.2) is 0 Å². The maximum Gasteiger partial charge on any atom is 0.0159 e. The molecule has 0 saturated heterocycles. The molecule has 65 heavy (non-hydrogen) atoms. The minimum absolute atomic E-state index is 0.180. The van der Waals surface area contributed by atoms with Crippen LogP contribution < -0.4 is 0 Å². The third kappa shape index (κ3) is 5.32. The van der Waals surface area contributed by atoms with Gasteiger partial charge in [0.05, 0.1) is 0 Å². The first-order valence-corrected chi connectivity index (χ1v) is 23.3. The molecule has 0 N–H and O–H groups in total. The first kappa shape index (κ1) is 38.2. The van der Waals surface area contributed by atoms with E-state index in [1.807, 2.05) is 0 Å². The van der Waals surface area contributed by atoms with Crippen LogP contribution >= 0.6 is 0 Å². The molecule has 13 rings (SSSR count). The van der Waals surface area contributed by atoms with Crippen molar-refractivity contribution in [2.24, 2.45) is 0 Å². The lowest BCUT2D eigenvalue weighted by Gasteiger charge is -2.25. The van der Waals surface area contributed by atoms with Crippen LogP contribution in [0.3, 0.4) is 0 Å². The van der Waals surface area contributed by atoms with Crippen LogP contribution in [0.25, 0.3) is 99.4 Å². The first-order chi connectivity index (χ1) is 31.5. The summed E-state index contributed by atoms with van der Waals surface area (Å²) >= 11 is 0. The van der Waals surface area contributed by atoms with Crippen LogP contribution in [0.5, 0.6) is 0 Å². The van der Waals surface area contributed by atoms with E-state index in [0.717, 1.165) is 0 Å². The average Bonchev–Trinajstić information content (AvgIpc) is 3.81. The summed E-state index contributed by atoms with van der Waals surface area (Å²) in [4.78, 5) is 0. The van der Waals surface area contributed by atoms with E-state index in [1.165, 1.54) is 133 Å². The van der Waals surface area contributed by atoms with E-state index in [4.69, 9.17) is 0 Å². The van der Waals surface area contributed by atoms with Crippen LogP contribution in [-0.4, -0.2) is 0 Å². The monoisotopic (exact) mass is 830 g/mol. The summed E-state index contributed by atoms with van der Waals surface area (Å²) in [5.41, 5.74) is 26.4. The highest BCUT2D eigenvalue weighted by Gasteiger charge is 2.45. The van der Waals surface area contributed by atoms with E-state index in [1.54, 1.807) is 0 Å². The van der Waals surface area contributed by atoms with Crippen molar-refractivity contribution in [2.75, 3.05) is 0 Å². The van der Waals surface area contributed by atoms with Gasteiger partial charge in [-0.05, 0) is 169 Å². The fraction of sp³-hybridized carbons (Fsp3) is 0.138. The lowest BCUT2D eigenvalue weighted by atomic mass is 9.78. The molecule has 0 nitrogen and oxygen atoms in total. The van der Waals surface area contributed by atoms with E-state index in [-0.39, 0.29) is 16.2 Å². The zero-order valence-electron chi connectivity index (χ0n) is 38.0. The molecule has 0 atom stereocenters. The molecule has 0 aromatic heterocycles. The Morgan fingerprint density at radius 2 is 0.477 bits per heavy atom. The predicted octanol–water partition coefficient (Wildman–Crippen LogP) is 17.6. The summed E-state index contributed by atoms with van der Waals surface area (Å²) < 4.78 is 0. The smallest absolute Gasteiger partial charge is 0.0159 e. The van der Waals surface area contributed by atoms with Crippen molar-refractivity contribution in [3.63, 3.8) is 0 Å². The Morgan fingerprint density at radius 1 is 0.215 bits per heavy atom. The van der Waals surface area contributed by atoms with E-state index >= 15 is 0 Å². The first-order valence-electron chi connectivity index (χ1n) is 23.3. The standard InChI is InChI=1S/C65H50/c1-63(2)55-37-53-57(64(3,4)59-33-49(45-21-13-15-23-47(45)61(53)59)43-29-25-41(26-30-43)39-17-9-7-10-18-39)35-51(55)52-36-58-54(38-56(52)63)62-48-24-16-14-22-46(48)50(34-60(62)65(58,5)6)44-31-27-42(28-32-44)40-19-11-8-12-20-40/h7-38H,1-6H3. The van der Waals surface area contributed by atoms with Gasteiger partial charge in [0.25, 0.3) is 0 Å². The molecule has 0 unspecified atom stereocenters. The highest BCUT2D eigenvalue weighted by molar-refractivity contribution is 6.11. The zero-order chi connectivity index (χ0) is 44.0. The number of fused-ring (bicyclic) bond motifs is 13. The molecule has 0 fully saturated rings. The maximum absolute atomic E-state index is 2.59. The Bertz CT molecular complexity index is 3380. The predicted molar refractivity (Wildman–Crippen MR) is 276 cm³/mol. The van der Waals surface area contributed by atoms with Crippen molar-refractivity contribution in [1.82, 2.24) is 0 Å². The minimum Gasteiger partial charge on any atom is -0.0622 e. The van der Waals surface area contributed by atoms with Crippen LogP contribution in [-0.2, 0) is 16.2 Å². The average molecular weight is 831 g/mol. The minimum atomic E-state index is -0.184. The number of hydrogen-bond acceptors (Lipinski definition) is 0. The second-order valence-electron chi connectivity index (χ2n) is 20.4. The van der Waals surface area contributed by atoms with Gasteiger partial charge < -0.3 is 0 Å². The second kappa shape index (κ2) is 13.4. The van der Waals surface area contributed by atoms with Crippen LogP contribution in [0.2, 0.25) is 0 Å². The molecule has 0 heteroatoms. The number of hydrogen-bond donors (Lipinski definition) is 0. The van der Waals surface area contributed by atoms with Gasteiger partial charge in [-0.1, -0.05) is 199 Å². The van der Waals surface area contributed by atoms with Crippen LogP contribution in [0.15, 0.2) is 194 Å². The molecule has 0 radical (unpaired) electrons. The Kier molecular flexibility index (Phi) is 7.86. The molecule has 3 aliphatic rings. The molecule has 10 aromatic rings. The fourth-order valence-electron chi connectivity index (χ4n) is 12.3. The van der Waals surface area contributed by atoms with Gasteiger partial charge >= 0.3 is 0 Å². The molecule has 10 aromatic carbocycles. The van der Waals surface area contributed by atoms with Crippen molar-refractivity contribution in [1.29, 1.82) is 0 Å². The summed E-state index contributed by atoms with van der Waals surface area (Å²) in [7, 11) is 0. The van der Waals surface area contributed by atoms with Gasteiger partial charge in [0.2, 0.25) is 0 Å². The van der Waals surface area contributed by atoms with Gasteiger partial charge in [-0.25, -0.2) is 0 Å². The zero-order valence-corrected chi connectivity index (χ0v) is 38.0. The third-order valence-corrected chi connectivity index (χ3v) is 15.9. The van der Waals surface area contributed by atoms with Gasteiger partial charge in [-0.3, -0.25) is 0 Å². The molecule has 0 saturated carbocycles. The van der Waals surface area contributed by atoms with Gasteiger partial charge in [0, 0.05) is 16.2 Å². The van der Waals surface area contributed by atoms with Crippen molar-refractivity contribution >= 4 is 21.5 Å². The molecule has 0 amide bonds. The Morgan fingerprint density at radius 3 is 0.862 bits per heavy atom. The molecule has 0 heterocycles. The van der Waals surface area contributed by atoms with Gasteiger partial charge in [0.1, 0.15) is 0 Å². The van der Waals surface area contributed by atoms with E-state index < -0.39 is 0 Å². The molecule has 0 bridgehead atoms.